The standard InChI is InChI=1S/C29H25N/c1-29(22-13-6-3-7-14-22)20-23(19-21-11-4-2-5-12-21)30-27-18-9-8-15-24(27)25-16-10-17-26(29)28(25)30/h2-18,23H,19-20H2,1H3. The minimum atomic E-state index is -0.00933. The van der Waals surface area contributed by atoms with Gasteiger partial charge in [-0.05, 0) is 35.6 Å². The van der Waals surface area contributed by atoms with Crippen LogP contribution < -0.4 is 0 Å². The fourth-order valence-corrected chi connectivity index (χ4v) is 5.68. The summed E-state index contributed by atoms with van der Waals surface area (Å²) in [7, 11) is 0. The van der Waals surface area contributed by atoms with E-state index in [0.717, 1.165) is 12.8 Å². The van der Waals surface area contributed by atoms with Gasteiger partial charge in [-0.25, -0.2) is 0 Å². The zero-order valence-corrected chi connectivity index (χ0v) is 17.3. The Bertz CT molecular complexity index is 1350. The van der Waals surface area contributed by atoms with Crippen LogP contribution in [0.5, 0.6) is 0 Å². The normalized spacial score (nSPS) is 20.6. The third-order valence-electron chi connectivity index (χ3n) is 7.06. The molecule has 0 saturated heterocycles. The lowest BCUT2D eigenvalue weighted by Crippen LogP contribution is -2.34. The molecule has 0 aliphatic carbocycles. The van der Waals surface area contributed by atoms with Crippen molar-refractivity contribution < 1.29 is 0 Å². The summed E-state index contributed by atoms with van der Waals surface area (Å²) in [5, 5.41) is 2.74. The lowest BCUT2D eigenvalue weighted by Gasteiger charge is -2.41. The van der Waals surface area contributed by atoms with Crippen LogP contribution in [-0.2, 0) is 11.8 Å². The van der Waals surface area contributed by atoms with Gasteiger partial charge in [0.15, 0.2) is 0 Å². The molecular formula is C29H25N. The van der Waals surface area contributed by atoms with Gasteiger partial charge in [0.2, 0.25) is 0 Å². The minimum absolute atomic E-state index is 0.00933. The van der Waals surface area contributed by atoms with E-state index in [0.29, 0.717) is 6.04 Å². The molecule has 146 valence electrons. The first-order chi connectivity index (χ1) is 14.8. The highest BCUT2D eigenvalue weighted by molar-refractivity contribution is 6.09. The van der Waals surface area contributed by atoms with Gasteiger partial charge < -0.3 is 4.57 Å². The van der Waals surface area contributed by atoms with Crippen LogP contribution in [0.15, 0.2) is 103 Å². The Morgan fingerprint density at radius 2 is 1.40 bits per heavy atom. The van der Waals surface area contributed by atoms with Crippen molar-refractivity contribution in [3.63, 3.8) is 0 Å². The molecule has 1 aliphatic heterocycles. The van der Waals surface area contributed by atoms with Crippen LogP contribution in [0.25, 0.3) is 21.8 Å². The molecule has 1 nitrogen and oxygen atoms in total. The molecule has 2 heterocycles. The summed E-state index contributed by atoms with van der Waals surface area (Å²) in [5.74, 6) is 0. The van der Waals surface area contributed by atoms with Gasteiger partial charge in [0, 0.05) is 27.7 Å². The molecule has 1 aromatic heterocycles. The predicted molar refractivity (Wildman–Crippen MR) is 126 cm³/mol. The highest BCUT2D eigenvalue weighted by Crippen LogP contribution is 2.50. The molecule has 0 radical (unpaired) electrons. The lowest BCUT2D eigenvalue weighted by atomic mass is 9.69. The van der Waals surface area contributed by atoms with E-state index in [9.17, 15) is 0 Å². The number of nitrogens with zero attached hydrogens (tertiary/aromatic N) is 1. The largest absolute Gasteiger partial charge is 0.337 e. The molecule has 30 heavy (non-hydrogen) atoms. The molecule has 2 atom stereocenters. The average Bonchev–Trinajstić information content (AvgIpc) is 3.14. The number of rotatable bonds is 3. The first kappa shape index (κ1) is 17.5. The van der Waals surface area contributed by atoms with Crippen LogP contribution >= 0.6 is 0 Å². The number of hydrogen-bond donors (Lipinski definition) is 0. The predicted octanol–water partition coefficient (Wildman–Crippen LogP) is 7.29. The number of aromatic nitrogens is 1. The van der Waals surface area contributed by atoms with Crippen molar-refractivity contribution >= 4 is 21.8 Å². The van der Waals surface area contributed by atoms with E-state index in [1.165, 1.54) is 38.5 Å². The van der Waals surface area contributed by atoms with Gasteiger partial charge in [-0.3, -0.25) is 0 Å². The van der Waals surface area contributed by atoms with E-state index in [2.05, 4.69) is 115 Å². The summed E-state index contributed by atoms with van der Waals surface area (Å²) in [4.78, 5) is 0. The summed E-state index contributed by atoms with van der Waals surface area (Å²) >= 11 is 0. The van der Waals surface area contributed by atoms with Gasteiger partial charge >= 0.3 is 0 Å². The molecule has 6 rings (SSSR count). The van der Waals surface area contributed by atoms with Crippen LogP contribution in [0.4, 0.5) is 0 Å². The Morgan fingerprint density at radius 3 is 2.20 bits per heavy atom. The van der Waals surface area contributed by atoms with Gasteiger partial charge in [-0.15, -0.1) is 0 Å². The second kappa shape index (κ2) is 6.60. The Morgan fingerprint density at radius 1 is 0.733 bits per heavy atom. The van der Waals surface area contributed by atoms with Crippen LogP contribution in [-0.4, -0.2) is 4.57 Å². The molecule has 5 aromatic rings. The first-order valence-corrected chi connectivity index (χ1v) is 10.9. The summed E-state index contributed by atoms with van der Waals surface area (Å²) in [6.07, 6.45) is 2.14. The lowest BCUT2D eigenvalue weighted by molar-refractivity contribution is 0.366. The quantitative estimate of drug-likeness (QED) is 0.306. The fraction of sp³-hybridized carbons (Fsp3) is 0.172. The van der Waals surface area contributed by atoms with E-state index in [4.69, 9.17) is 0 Å². The molecule has 4 aromatic carbocycles. The Labute approximate surface area is 177 Å². The van der Waals surface area contributed by atoms with E-state index in [-0.39, 0.29) is 5.41 Å². The maximum Gasteiger partial charge on any atom is 0.0535 e. The van der Waals surface area contributed by atoms with Crippen molar-refractivity contribution in [1.29, 1.82) is 0 Å². The molecule has 1 aliphatic rings. The van der Waals surface area contributed by atoms with Crippen LogP contribution in [0.1, 0.15) is 36.1 Å². The molecule has 0 saturated carbocycles. The first-order valence-electron chi connectivity index (χ1n) is 10.9. The van der Waals surface area contributed by atoms with E-state index >= 15 is 0 Å². The Balaban J connectivity index is 1.67. The molecule has 1 heteroatoms. The van der Waals surface area contributed by atoms with Gasteiger partial charge in [-0.2, -0.15) is 0 Å². The second-order valence-corrected chi connectivity index (χ2v) is 8.83. The molecular weight excluding hydrogens is 362 g/mol. The van der Waals surface area contributed by atoms with Crippen LogP contribution in [0.2, 0.25) is 0 Å². The topological polar surface area (TPSA) is 4.93 Å². The van der Waals surface area contributed by atoms with Gasteiger partial charge in [-0.1, -0.05) is 104 Å². The monoisotopic (exact) mass is 387 g/mol. The fourth-order valence-electron chi connectivity index (χ4n) is 5.68. The van der Waals surface area contributed by atoms with Gasteiger partial charge in [0.25, 0.3) is 0 Å². The van der Waals surface area contributed by atoms with Gasteiger partial charge in [0.05, 0.1) is 5.52 Å². The molecule has 0 amide bonds. The average molecular weight is 388 g/mol. The van der Waals surface area contributed by atoms with Crippen molar-refractivity contribution in [2.75, 3.05) is 0 Å². The molecule has 0 fully saturated rings. The number of hydrogen-bond acceptors (Lipinski definition) is 0. The molecule has 0 spiro atoms. The maximum absolute atomic E-state index is 2.64. The van der Waals surface area contributed by atoms with Crippen molar-refractivity contribution in [2.24, 2.45) is 0 Å². The van der Waals surface area contributed by atoms with E-state index in [1.54, 1.807) is 0 Å². The highest BCUT2D eigenvalue weighted by atomic mass is 15.0. The third kappa shape index (κ3) is 2.48. The number of benzene rings is 4. The molecule has 0 N–H and O–H groups in total. The highest BCUT2D eigenvalue weighted by Gasteiger charge is 2.39. The van der Waals surface area contributed by atoms with Gasteiger partial charge in [0.1, 0.15) is 0 Å². The summed E-state index contributed by atoms with van der Waals surface area (Å²) in [6, 6.07) is 38.3. The molecule has 0 bridgehead atoms. The van der Waals surface area contributed by atoms with Crippen LogP contribution in [0, 0.1) is 0 Å². The summed E-state index contributed by atoms with van der Waals surface area (Å²) in [6.45, 7) is 2.44. The Hall–Kier alpha value is -3.32. The van der Waals surface area contributed by atoms with Crippen molar-refractivity contribution in [2.45, 2.75) is 31.2 Å². The van der Waals surface area contributed by atoms with E-state index < -0.39 is 0 Å². The Kier molecular flexibility index (Phi) is 3.86. The van der Waals surface area contributed by atoms with Crippen molar-refractivity contribution in [3.05, 3.63) is 120 Å². The maximum atomic E-state index is 2.64. The number of para-hydroxylation sites is 2. The third-order valence-corrected chi connectivity index (χ3v) is 7.06. The zero-order valence-electron chi connectivity index (χ0n) is 17.3. The zero-order chi connectivity index (χ0) is 20.1. The van der Waals surface area contributed by atoms with E-state index in [1.807, 2.05) is 0 Å². The van der Waals surface area contributed by atoms with Crippen molar-refractivity contribution in [1.82, 2.24) is 4.57 Å². The van der Waals surface area contributed by atoms with Crippen LogP contribution in [0.3, 0.4) is 0 Å². The SMILES string of the molecule is CC1(c2ccccc2)CC(Cc2ccccc2)n2c3ccccc3c3cccc1c32. The molecule has 2 unspecified atom stereocenters. The minimum Gasteiger partial charge on any atom is -0.337 e. The second-order valence-electron chi connectivity index (χ2n) is 8.83. The number of fused-ring (bicyclic) bond motifs is 3. The summed E-state index contributed by atoms with van der Waals surface area (Å²) < 4.78 is 2.64. The van der Waals surface area contributed by atoms with Crippen molar-refractivity contribution in [3.8, 4) is 0 Å². The smallest absolute Gasteiger partial charge is 0.0535 e. The summed E-state index contributed by atoms with van der Waals surface area (Å²) in [5.41, 5.74) is 7.03.